The van der Waals surface area contributed by atoms with E-state index < -0.39 is 5.54 Å². The molecule has 108 valence electrons. The van der Waals surface area contributed by atoms with Gasteiger partial charge in [0.05, 0.1) is 14.2 Å². The summed E-state index contributed by atoms with van der Waals surface area (Å²) in [6, 6.07) is 5.33. The van der Waals surface area contributed by atoms with Gasteiger partial charge in [0.25, 0.3) is 0 Å². The second-order valence-electron chi connectivity index (χ2n) is 4.98. The SMILES string of the molecule is COc1ccc(CC2(C)C(N)=NC(=O)N2C)cc1OC. The van der Waals surface area contributed by atoms with E-state index in [0.29, 0.717) is 23.8 Å². The van der Waals surface area contributed by atoms with Crippen molar-refractivity contribution in [1.29, 1.82) is 0 Å². The van der Waals surface area contributed by atoms with Crippen LogP contribution >= 0.6 is 0 Å². The number of ether oxygens (including phenoxy) is 2. The molecular formula is C14H19N3O3. The molecular weight excluding hydrogens is 258 g/mol. The number of hydrogen-bond donors (Lipinski definition) is 1. The van der Waals surface area contributed by atoms with Crippen LogP contribution in [0.4, 0.5) is 4.79 Å². The number of benzene rings is 1. The first-order chi connectivity index (χ1) is 9.42. The first kappa shape index (κ1) is 14.2. The van der Waals surface area contributed by atoms with Crippen molar-refractivity contribution in [3.63, 3.8) is 0 Å². The third-order valence-electron chi connectivity index (χ3n) is 3.79. The van der Waals surface area contributed by atoms with Gasteiger partial charge in [0, 0.05) is 13.5 Å². The van der Waals surface area contributed by atoms with Crippen LogP contribution in [0.1, 0.15) is 12.5 Å². The number of amides is 2. The third kappa shape index (κ3) is 2.17. The molecule has 1 unspecified atom stereocenters. The number of aliphatic imine (C=N–C) groups is 1. The minimum Gasteiger partial charge on any atom is -0.493 e. The van der Waals surface area contributed by atoms with Gasteiger partial charge in [-0.25, -0.2) is 4.79 Å². The summed E-state index contributed by atoms with van der Waals surface area (Å²) in [5.41, 5.74) is 6.28. The molecule has 2 amide bonds. The predicted octanol–water partition coefficient (Wildman–Crippen LogP) is 1.43. The van der Waals surface area contributed by atoms with E-state index in [0.717, 1.165) is 5.56 Å². The molecule has 0 aromatic heterocycles. The van der Waals surface area contributed by atoms with Crippen molar-refractivity contribution in [1.82, 2.24) is 4.90 Å². The molecule has 2 N–H and O–H groups in total. The lowest BCUT2D eigenvalue weighted by molar-refractivity contribution is 0.196. The maximum Gasteiger partial charge on any atom is 0.345 e. The minimum atomic E-state index is -0.614. The van der Waals surface area contributed by atoms with Gasteiger partial charge < -0.3 is 20.1 Å². The molecule has 0 spiro atoms. The number of carbonyl (C=O) groups excluding carboxylic acids is 1. The van der Waals surface area contributed by atoms with E-state index in [1.54, 1.807) is 26.2 Å². The number of rotatable bonds is 4. The normalized spacial score (nSPS) is 21.9. The van der Waals surface area contributed by atoms with Crippen LogP contribution in [0, 0.1) is 0 Å². The van der Waals surface area contributed by atoms with E-state index in [1.165, 1.54) is 0 Å². The van der Waals surface area contributed by atoms with Gasteiger partial charge in [-0.3, -0.25) is 0 Å². The number of nitrogens with zero attached hydrogens (tertiary/aromatic N) is 2. The van der Waals surface area contributed by atoms with Crippen LogP contribution in [0.5, 0.6) is 11.5 Å². The Morgan fingerprint density at radius 1 is 1.30 bits per heavy atom. The van der Waals surface area contributed by atoms with Gasteiger partial charge in [0.1, 0.15) is 11.4 Å². The number of likely N-dealkylation sites (N-methyl/N-ethyl adjacent to an activating group) is 1. The number of amidine groups is 1. The molecule has 6 nitrogen and oxygen atoms in total. The number of methoxy groups -OCH3 is 2. The summed E-state index contributed by atoms with van der Waals surface area (Å²) in [5.74, 6) is 1.65. The molecule has 0 aliphatic carbocycles. The smallest absolute Gasteiger partial charge is 0.345 e. The number of nitrogens with two attached hydrogens (primary N) is 1. The Kier molecular flexibility index (Phi) is 3.57. The molecule has 0 bridgehead atoms. The summed E-state index contributed by atoms with van der Waals surface area (Å²) >= 11 is 0. The van der Waals surface area contributed by atoms with Gasteiger partial charge in [-0.2, -0.15) is 4.99 Å². The minimum absolute atomic E-state index is 0.314. The largest absolute Gasteiger partial charge is 0.493 e. The first-order valence-corrected chi connectivity index (χ1v) is 6.25. The quantitative estimate of drug-likeness (QED) is 0.903. The second-order valence-corrected chi connectivity index (χ2v) is 4.98. The predicted molar refractivity (Wildman–Crippen MR) is 76.4 cm³/mol. The molecule has 1 heterocycles. The molecule has 0 saturated heterocycles. The number of hydrogen-bond acceptors (Lipinski definition) is 4. The van der Waals surface area contributed by atoms with Crippen molar-refractivity contribution in [2.24, 2.45) is 10.7 Å². The molecule has 20 heavy (non-hydrogen) atoms. The van der Waals surface area contributed by atoms with E-state index in [2.05, 4.69) is 4.99 Å². The van der Waals surface area contributed by atoms with Gasteiger partial charge in [-0.1, -0.05) is 6.07 Å². The standard InChI is InChI=1S/C14H19N3O3/c1-14(12(15)16-13(18)17(14)2)8-9-5-6-10(19-3)11(7-9)20-4/h5-7H,8H2,1-4H3,(H2,15,16,18). The average molecular weight is 277 g/mol. The van der Waals surface area contributed by atoms with Gasteiger partial charge in [-0.05, 0) is 24.6 Å². The van der Waals surface area contributed by atoms with Crippen LogP contribution in [0.25, 0.3) is 0 Å². The van der Waals surface area contributed by atoms with E-state index in [1.807, 2.05) is 25.1 Å². The van der Waals surface area contributed by atoms with Crippen LogP contribution in [0.2, 0.25) is 0 Å². The Morgan fingerprint density at radius 2 is 1.95 bits per heavy atom. The second kappa shape index (κ2) is 5.03. The molecule has 1 aromatic rings. The van der Waals surface area contributed by atoms with Crippen molar-refractivity contribution in [2.45, 2.75) is 18.9 Å². The number of urea groups is 1. The Balaban J connectivity index is 2.31. The fourth-order valence-electron chi connectivity index (χ4n) is 2.28. The maximum absolute atomic E-state index is 11.6. The number of carbonyl (C=O) groups is 1. The zero-order chi connectivity index (χ0) is 14.9. The Labute approximate surface area is 118 Å². The van der Waals surface area contributed by atoms with Crippen molar-refractivity contribution in [3.05, 3.63) is 23.8 Å². The summed E-state index contributed by atoms with van der Waals surface area (Å²) in [7, 11) is 4.88. The third-order valence-corrected chi connectivity index (χ3v) is 3.79. The van der Waals surface area contributed by atoms with Crippen LogP contribution in [0.15, 0.2) is 23.2 Å². The van der Waals surface area contributed by atoms with Crippen molar-refractivity contribution in [3.8, 4) is 11.5 Å². The molecule has 1 aromatic carbocycles. The lowest BCUT2D eigenvalue weighted by atomic mass is 9.91. The fraction of sp³-hybridized carbons (Fsp3) is 0.429. The van der Waals surface area contributed by atoms with Crippen LogP contribution in [-0.4, -0.2) is 43.6 Å². The van der Waals surface area contributed by atoms with Gasteiger partial charge >= 0.3 is 6.03 Å². The summed E-state index contributed by atoms with van der Waals surface area (Å²) < 4.78 is 10.5. The van der Waals surface area contributed by atoms with Crippen molar-refractivity contribution in [2.75, 3.05) is 21.3 Å². The molecule has 2 rings (SSSR count). The van der Waals surface area contributed by atoms with Crippen LogP contribution in [0.3, 0.4) is 0 Å². The van der Waals surface area contributed by atoms with Gasteiger partial charge in [0.15, 0.2) is 11.5 Å². The maximum atomic E-state index is 11.6. The zero-order valence-corrected chi connectivity index (χ0v) is 12.1. The summed E-state index contributed by atoms with van der Waals surface area (Å²) in [5, 5.41) is 0. The average Bonchev–Trinajstić information content (AvgIpc) is 2.62. The van der Waals surface area contributed by atoms with Gasteiger partial charge in [0.2, 0.25) is 0 Å². The zero-order valence-electron chi connectivity index (χ0n) is 12.1. The monoisotopic (exact) mass is 277 g/mol. The molecule has 0 fully saturated rings. The Hall–Kier alpha value is -2.24. The molecule has 0 radical (unpaired) electrons. The van der Waals surface area contributed by atoms with Gasteiger partial charge in [-0.15, -0.1) is 0 Å². The van der Waals surface area contributed by atoms with E-state index in [4.69, 9.17) is 15.2 Å². The summed E-state index contributed by atoms with van der Waals surface area (Å²) in [6.07, 6.45) is 0.560. The molecule has 1 aliphatic heterocycles. The molecule has 0 saturated carbocycles. The molecule has 6 heteroatoms. The van der Waals surface area contributed by atoms with E-state index in [-0.39, 0.29) is 6.03 Å². The highest BCUT2D eigenvalue weighted by Crippen LogP contribution is 2.31. The Morgan fingerprint density at radius 3 is 2.45 bits per heavy atom. The summed E-state index contributed by atoms with van der Waals surface area (Å²) in [4.78, 5) is 17.0. The van der Waals surface area contributed by atoms with Crippen LogP contribution < -0.4 is 15.2 Å². The molecule has 1 aliphatic rings. The topological polar surface area (TPSA) is 77.2 Å². The highest BCUT2D eigenvalue weighted by molar-refractivity contribution is 6.05. The highest BCUT2D eigenvalue weighted by Gasteiger charge is 2.42. The lowest BCUT2D eigenvalue weighted by Crippen LogP contribution is -2.51. The lowest BCUT2D eigenvalue weighted by Gasteiger charge is -2.32. The fourth-order valence-corrected chi connectivity index (χ4v) is 2.28. The van der Waals surface area contributed by atoms with E-state index >= 15 is 0 Å². The van der Waals surface area contributed by atoms with Crippen LogP contribution in [-0.2, 0) is 6.42 Å². The van der Waals surface area contributed by atoms with E-state index in [9.17, 15) is 4.79 Å². The van der Waals surface area contributed by atoms with Crippen molar-refractivity contribution >= 4 is 11.9 Å². The molecule has 1 atom stereocenters. The summed E-state index contributed by atoms with van der Waals surface area (Å²) in [6.45, 7) is 1.90. The first-order valence-electron chi connectivity index (χ1n) is 6.25. The van der Waals surface area contributed by atoms with Crippen molar-refractivity contribution < 1.29 is 14.3 Å². The highest BCUT2D eigenvalue weighted by atomic mass is 16.5. The Bertz CT molecular complexity index is 571.